The molecule has 5 heteroatoms. The number of rotatable bonds is 13. The fourth-order valence-electron chi connectivity index (χ4n) is 2.48. The van der Waals surface area contributed by atoms with Crippen molar-refractivity contribution in [1.29, 1.82) is 0 Å². The van der Waals surface area contributed by atoms with Crippen molar-refractivity contribution < 1.29 is 18.7 Å². The van der Waals surface area contributed by atoms with E-state index in [2.05, 4.69) is 65.4 Å². The molecule has 0 aromatic rings. The number of carbonyl (C=O) groups excluding carboxylic acids is 1. The number of methoxy groups -OCH3 is 1. The summed E-state index contributed by atoms with van der Waals surface area (Å²) in [5, 5.41) is 0.153. The Bertz CT molecular complexity index is 552. The Morgan fingerprint density at radius 3 is 2.24 bits per heavy atom. The minimum absolute atomic E-state index is 0.0000696. The van der Waals surface area contributed by atoms with E-state index < -0.39 is 8.32 Å². The van der Waals surface area contributed by atoms with Crippen molar-refractivity contribution >= 4 is 14.3 Å². The first-order chi connectivity index (χ1) is 13.4. The summed E-state index contributed by atoms with van der Waals surface area (Å²) in [6.45, 7) is 18.2. The van der Waals surface area contributed by atoms with Gasteiger partial charge >= 0.3 is 5.97 Å². The molecule has 0 bridgehead atoms. The molecule has 0 aliphatic heterocycles. The molecule has 2 atom stereocenters. The van der Waals surface area contributed by atoms with Crippen molar-refractivity contribution in [1.82, 2.24) is 0 Å². The van der Waals surface area contributed by atoms with Gasteiger partial charge in [0.2, 0.25) is 0 Å². The lowest BCUT2D eigenvalue weighted by atomic mass is 10.1. The number of allylic oxidation sites excluding steroid dienone is 3. The van der Waals surface area contributed by atoms with Crippen molar-refractivity contribution in [2.75, 3.05) is 13.7 Å². The second-order valence-corrected chi connectivity index (χ2v) is 14.1. The van der Waals surface area contributed by atoms with Crippen LogP contribution in [0.4, 0.5) is 0 Å². The second kappa shape index (κ2) is 13.9. The van der Waals surface area contributed by atoms with Gasteiger partial charge in [-0.25, -0.2) is 4.79 Å². The molecule has 0 saturated heterocycles. The Hall–Kier alpha value is -1.17. The molecule has 0 aliphatic rings. The summed E-state index contributed by atoms with van der Waals surface area (Å²) in [5.74, 6) is -0.357. The predicted molar refractivity (Wildman–Crippen MR) is 126 cm³/mol. The Labute approximate surface area is 180 Å². The van der Waals surface area contributed by atoms with Crippen LogP contribution in [0.1, 0.15) is 67.2 Å². The van der Waals surface area contributed by atoms with Crippen LogP contribution in [0.3, 0.4) is 0 Å². The Kier molecular flexibility index (Phi) is 13.4. The van der Waals surface area contributed by atoms with Gasteiger partial charge in [0.15, 0.2) is 8.32 Å². The van der Waals surface area contributed by atoms with Gasteiger partial charge in [0.05, 0.1) is 25.9 Å². The van der Waals surface area contributed by atoms with Gasteiger partial charge in [-0.3, -0.25) is 0 Å². The quantitative estimate of drug-likeness (QED) is 0.0835. The minimum atomic E-state index is -1.89. The molecule has 0 rings (SSSR count). The maximum absolute atomic E-state index is 11.2. The number of hydrogen-bond acceptors (Lipinski definition) is 4. The van der Waals surface area contributed by atoms with Gasteiger partial charge in [0.1, 0.15) is 0 Å². The first-order valence-corrected chi connectivity index (χ1v) is 13.7. The van der Waals surface area contributed by atoms with Crippen molar-refractivity contribution in [3.63, 3.8) is 0 Å². The monoisotopic (exact) mass is 424 g/mol. The van der Waals surface area contributed by atoms with Gasteiger partial charge in [-0.1, -0.05) is 76.8 Å². The van der Waals surface area contributed by atoms with E-state index in [4.69, 9.17) is 9.16 Å². The lowest BCUT2D eigenvalue weighted by molar-refractivity contribution is -0.134. The fraction of sp³-hybridized carbons (Fsp3) is 0.708. The molecule has 0 N–H and O–H groups in total. The Morgan fingerprint density at radius 1 is 1.07 bits per heavy atom. The maximum Gasteiger partial charge on any atom is 0.330 e. The van der Waals surface area contributed by atoms with E-state index in [0.717, 1.165) is 12.8 Å². The molecule has 0 aromatic carbocycles. The van der Waals surface area contributed by atoms with Gasteiger partial charge in [-0.2, -0.15) is 0 Å². The third kappa shape index (κ3) is 12.9. The van der Waals surface area contributed by atoms with Crippen LogP contribution in [0.2, 0.25) is 18.1 Å². The molecule has 168 valence electrons. The predicted octanol–water partition coefficient (Wildman–Crippen LogP) is 6.59. The highest BCUT2D eigenvalue weighted by Crippen LogP contribution is 2.37. The summed E-state index contributed by atoms with van der Waals surface area (Å²) >= 11 is 0. The van der Waals surface area contributed by atoms with Crippen LogP contribution in [0.25, 0.3) is 0 Å². The first-order valence-electron chi connectivity index (χ1n) is 10.8. The number of unbranched alkanes of at least 4 members (excludes halogenated alkanes) is 2. The summed E-state index contributed by atoms with van der Waals surface area (Å²) in [5.41, 5.74) is 1.23. The van der Waals surface area contributed by atoms with E-state index in [1.165, 1.54) is 31.6 Å². The maximum atomic E-state index is 11.2. The van der Waals surface area contributed by atoms with Gasteiger partial charge in [0, 0.05) is 6.08 Å². The lowest BCUT2D eigenvalue weighted by Gasteiger charge is -2.39. The van der Waals surface area contributed by atoms with E-state index in [1.807, 2.05) is 12.2 Å². The van der Waals surface area contributed by atoms with E-state index >= 15 is 0 Å². The van der Waals surface area contributed by atoms with Gasteiger partial charge in [0.25, 0.3) is 0 Å². The fourth-order valence-corrected chi connectivity index (χ4v) is 3.73. The number of esters is 1. The summed E-state index contributed by atoms with van der Waals surface area (Å²) in [6.07, 6.45) is 13.5. The molecule has 0 amide bonds. The second-order valence-electron chi connectivity index (χ2n) is 9.30. The number of hydrogen-bond donors (Lipinski definition) is 0. The van der Waals surface area contributed by atoms with Crippen LogP contribution in [-0.4, -0.2) is 40.2 Å². The third-order valence-electron chi connectivity index (χ3n) is 5.21. The summed E-state index contributed by atoms with van der Waals surface area (Å²) in [4.78, 5) is 11.2. The molecular formula is C24H44O4Si. The van der Waals surface area contributed by atoms with Crippen LogP contribution in [0.15, 0.2) is 36.0 Å². The molecule has 4 nitrogen and oxygen atoms in total. The van der Waals surface area contributed by atoms with Crippen LogP contribution in [0.5, 0.6) is 0 Å². The highest BCUT2D eigenvalue weighted by Gasteiger charge is 2.38. The summed E-state index contributed by atoms with van der Waals surface area (Å²) in [6, 6.07) is 0. The van der Waals surface area contributed by atoms with E-state index in [0.29, 0.717) is 6.61 Å². The van der Waals surface area contributed by atoms with Crippen LogP contribution >= 0.6 is 0 Å². The highest BCUT2D eigenvalue weighted by molar-refractivity contribution is 6.74. The van der Waals surface area contributed by atoms with E-state index in [-0.39, 0.29) is 23.2 Å². The normalized spacial score (nSPS) is 14.9. The highest BCUT2D eigenvalue weighted by atomic mass is 28.4. The zero-order valence-corrected chi connectivity index (χ0v) is 21.2. The zero-order valence-electron chi connectivity index (χ0n) is 20.2. The molecule has 2 unspecified atom stereocenters. The zero-order chi connectivity index (χ0) is 22.5. The van der Waals surface area contributed by atoms with Crippen LogP contribution in [-0.2, 0) is 18.7 Å². The van der Waals surface area contributed by atoms with E-state index in [1.54, 1.807) is 6.08 Å². The van der Waals surface area contributed by atoms with Crippen molar-refractivity contribution in [2.24, 2.45) is 0 Å². The van der Waals surface area contributed by atoms with Crippen LogP contribution in [0, 0.1) is 0 Å². The Morgan fingerprint density at radius 2 is 1.72 bits per heavy atom. The third-order valence-corrected chi connectivity index (χ3v) is 9.71. The molecule has 0 saturated carbocycles. The number of carbonyl (C=O) groups is 1. The van der Waals surface area contributed by atoms with Gasteiger partial charge in [-0.15, -0.1) is 0 Å². The average Bonchev–Trinajstić information content (AvgIpc) is 2.60. The molecule has 0 aliphatic carbocycles. The summed E-state index contributed by atoms with van der Waals surface area (Å²) < 4.78 is 17.5. The van der Waals surface area contributed by atoms with E-state index in [9.17, 15) is 4.79 Å². The topological polar surface area (TPSA) is 44.8 Å². The lowest BCUT2D eigenvalue weighted by Crippen LogP contribution is -2.44. The summed E-state index contributed by atoms with van der Waals surface area (Å²) in [7, 11) is -0.517. The smallest absolute Gasteiger partial charge is 0.330 e. The van der Waals surface area contributed by atoms with Crippen molar-refractivity contribution in [3.05, 3.63) is 36.0 Å². The minimum Gasteiger partial charge on any atom is -0.466 e. The molecule has 0 radical (unpaired) electrons. The van der Waals surface area contributed by atoms with Crippen molar-refractivity contribution in [2.45, 2.75) is 97.6 Å². The largest absolute Gasteiger partial charge is 0.466 e. The SMILES string of the molecule is CCCCCC(/C=C\C=C\C(=O)OC)OCC(C=C(C)C)O[Si](C)(C)C(C)(C)C. The standard InChI is InChI=1S/C24H44O4Si/c1-10-11-12-15-21(16-13-14-17-23(25)26-7)27-19-22(18-20(2)3)28-29(8,9)24(4,5)6/h13-14,16-18,21-22H,10-12,15,19H2,1-9H3/b16-13-,17-14+. The molecular weight excluding hydrogens is 380 g/mol. The molecule has 29 heavy (non-hydrogen) atoms. The van der Waals surface area contributed by atoms with Gasteiger partial charge in [-0.05, 0) is 38.4 Å². The molecule has 0 aromatic heterocycles. The first kappa shape index (κ1) is 27.8. The molecule has 0 fully saturated rings. The van der Waals surface area contributed by atoms with Crippen molar-refractivity contribution in [3.8, 4) is 0 Å². The van der Waals surface area contributed by atoms with Crippen LogP contribution < -0.4 is 0 Å². The van der Waals surface area contributed by atoms with Gasteiger partial charge < -0.3 is 13.9 Å². The average molecular weight is 425 g/mol. The Balaban J connectivity index is 5.14. The molecule has 0 heterocycles. The molecule has 0 spiro atoms. The number of ether oxygens (including phenoxy) is 2.